The first-order chi connectivity index (χ1) is 9.13. The van der Waals surface area contributed by atoms with Crippen LogP contribution in [0.2, 0.25) is 0 Å². The molecule has 100 valence electrons. The maximum absolute atomic E-state index is 12.0. The summed E-state index contributed by atoms with van der Waals surface area (Å²) in [6, 6.07) is 11.6. The fourth-order valence-electron chi connectivity index (χ4n) is 1.88. The van der Waals surface area contributed by atoms with Crippen molar-refractivity contribution >= 4 is 11.8 Å². The van der Waals surface area contributed by atoms with Gasteiger partial charge >= 0.3 is 5.97 Å². The minimum Gasteiger partial charge on any atom is -0.462 e. The van der Waals surface area contributed by atoms with Gasteiger partial charge in [-0.3, -0.25) is 0 Å². The zero-order valence-electron chi connectivity index (χ0n) is 11.4. The molecule has 1 aromatic heterocycles. The largest absolute Gasteiger partial charge is 0.462 e. The maximum atomic E-state index is 12.0. The number of esters is 1. The summed E-state index contributed by atoms with van der Waals surface area (Å²) in [6.45, 7) is 2.18. The van der Waals surface area contributed by atoms with Crippen LogP contribution in [-0.2, 0) is 4.74 Å². The smallest absolute Gasteiger partial charge is 0.340 e. The number of H-pyrrole nitrogens is 1. The monoisotopic (exact) mass is 258 g/mol. The van der Waals surface area contributed by atoms with Gasteiger partial charge in [0.25, 0.3) is 0 Å². The third-order valence-electron chi connectivity index (χ3n) is 2.84. The first kappa shape index (κ1) is 13.2. The Morgan fingerprint density at radius 1 is 1.26 bits per heavy atom. The molecular weight excluding hydrogens is 240 g/mol. The molecule has 19 heavy (non-hydrogen) atoms. The van der Waals surface area contributed by atoms with Crippen LogP contribution >= 0.6 is 0 Å². The fourth-order valence-corrected chi connectivity index (χ4v) is 1.88. The molecule has 0 unspecified atom stereocenters. The summed E-state index contributed by atoms with van der Waals surface area (Å²) in [7, 11) is 3.85. The second-order valence-electron chi connectivity index (χ2n) is 4.42. The van der Waals surface area contributed by atoms with Crippen molar-refractivity contribution in [2.24, 2.45) is 0 Å². The Labute approximate surface area is 113 Å². The second kappa shape index (κ2) is 5.61. The average Bonchev–Trinajstić information content (AvgIpc) is 2.85. The fraction of sp³-hybridized carbons (Fsp3) is 0.267. The Hall–Kier alpha value is -2.23. The second-order valence-corrected chi connectivity index (χ2v) is 4.42. The van der Waals surface area contributed by atoms with E-state index in [4.69, 9.17) is 4.74 Å². The number of anilines is 1. The molecular formula is C15H18N2O2. The van der Waals surface area contributed by atoms with E-state index in [0.29, 0.717) is 12.2 Å². The zero-order valence-corrected chi connectivity index (χ0v) is 11.4. The van der Waals surface area contributed by atoms with Gasteiger partial charge in [0.15, 0.2) is 0 Å². The number of nitrogens with zero attached hydrogens (tertiary/aromatic N) is 1. The Balaban J connectivity index is 2.49. The van der Waals surface area contributed by atoms with Crippen molar-refractivity contribution in [1.82, 2.24) is 4.98 Å². The number of carbonyl (C=O) groups is 1. The predicted molar refractivity (Wildman–Crippen MR) is 76.5 cm³/mol. The Kier molecular flexibility index (Phi) is 3.90. The van der Waals surface area contributed by atoms with Gasteiger partial charge in [0.1, 0.15) is 5.82 Å². The zero-order chi connectivity index (χ0) is 13.8. The molecule has 0 atom stereocenters. The summed E-state index contributed by atoms with van der Waals surface area (Å²) in [5.41, 5.74) is 2.33. The van der Waals surface area contributed by atoms with E-state index in [0.717, 1.165) is 17.1 Å². The van der Waals surface area contributed by atoms with Gasteiger partial charge in [-0.05, 0) is 18.6 Å². The topological polar surface area (TPSA) is 45.3 Å². The molecule has 1 N–H and O–H groups in total. The minimum atomic E-state index is -0.300. The van der Waals surface area contributed by atoms with Crippen LogP contribution in [0.1, 0.15) is 17.3 Å². The van der Waals surface area contributed by atoms with Crippen molar-refractivity contribution in [3.8, 4) is 11.3 Å². The molecule has 0 amide bonds. The summed E-state index contributed by atoms with van der Waals surface area (Å²) in [5, 5.41) is 0. The first-order valence-corrected chi connectivity index (χ1v) is 6.26. The Morgan fingerprint density at radius 3 is 2.53 bits per heavy atom. The van der Waals surface area contributed by atoms with Crippen molar-refractivity contribution in [2.45, 2.75) is 6.92 Å². The molecule has 1 heterocycles. The first-order valence-electron chi connectivity index (χ1n) is 6.26. The average molecular weight is 258 g/mol. The van der Waals surface area contributed by atoms with E-state index in [1.165, 1.54) is 0 Å². The summed E-state index contributed by atoms with van der Waals surface area (Å²) < 4.78 is 5.11. The van der Waals surface area contributed by atoms with Gasteiger partial charge in [-0.2, -0.15) is 0 Å². The van der Waals surface area contributed by atoms with Crippen LogP contribution in [-0.4, -0.2) is 31.7 Å². The Bertz CT molecular complexity index is 559. The normalized spacial score (nSPS) is 10.3. The van der Waals surface area contributed by atoms with E-state index in [2.05, 4.69) is 4.98 Å². The molecule has 0 radical (unpaired) electrons. The highest BCUT2D eigenvalue weighted by atomic mass is 16.5. The molecule has 0 spiro atoms. The summed E-state index contributed by atoms with van der Waals surface area (Å²) in [6.07, 6.45) is 0. The van der Waals surface area contributed by atoms with Crippen molar-refractivity contribution in [3.63, 3.8) is 0 Å². The van der Waals surface area contributed by atoms with Gasteiger partial charge in [-0.15, -0.1) is 0 Å². The van der Waals surface area contributed by atoms with Crippen molar-refractivity contribution in [2.75, 3.05) is 25.6 Å². The molecule has 0 fully saturated rings. The van der Waals surface area contributed by atoms with Crippen LogP contribution in [0.25, 0.3) is 11.3 Å². The van der Waals surface area contributed by atoms with Crippen LogP contribution in [0, 0.1) is 0 Å². The van der Waals surface area contributed by atoms with Crippen molar-refractivity contribution < 1.29 is 9.53 Å². The van der Waals surface area contributed by atoms with Crippen LogP contribution in [0.5, 0.6) is 0 Å². The van der Waals surface area contributed by atoms with Gasteiger partial charge in [0, 0.05) is 14.1 Å². The van der Waals surface area contributed by atoms with E-state index in [-0.39, 0.29) is 5.97 Å². The van der Waals surface area contributed by atoms with E-state index in [1.54, 1.807) is 6.92 Å². The number of hydrogen-bond acceptors (Lipinski definition) is 3. The lowest BCUT2D eigenvalue weighted by atomic mass is 10.1. The number of ether oxygens (including phenoxy) is 1. The number of carbonyl (C=O) groups excluding carboxylic acids is 1. The Morgan fingerprint density at radius 2 is 1.95 bits per heavy atom. The maximum Gasteiger partial charge on any atom is 0.340 e. The number of benzene rings is 1. The lowest BCUT2D eigenvalue weighted by Gasteiger charge is -2.08. The van der Waals surface area contributed by atoms with E-state index >= 15 is 0 Å². The van der Waals surface area contributed by atoms with Gasteiger partial charge in [0.2, 0.25) is 0 Å². The van der Waals surface area contributed by atoms with Crippen LogP contribution in [0.15, 0.2) is 36.4 Å². The molecule has 2 aromatic rings. The van der Waals surface area contributed by atoms with Crippen LogP contribution in [0.3, 0.4) is 0 Å². The molecule has 4 heteroatoms. The molecule has 4 nitrogen and oxygen atoms in total. The van der Waals surface area contributed by atoms with Crippen LogP contribution in [0.4, 0.5) is 5.82 Å². The van der Waals surface area contributed by atoms with E-state index in [9.17, 15) is 4.79 Å². The SMILES string of the molecule is CCOC(=O)c1cc(N(C)C)[nH]c1-c1ccccc1. The molecule has 0 saturated heterocycles. The predicted octanol–water partition coefficient (Wildman–Crippen LogP) is 2.92. The van der Waals surface area contributed by atoms with Gasteiger partial charge in [0.05, 0.1) is 17.9 Å². The number of nitrogens with one attached hydrogen (secondary N) is 1. The highest BCUT2D eigenvalue weighted by molar-refractivity contribution is 5.97. The third kappa shape index (κ3) is 2.78. The van der Waals surface area contributed by atoms with Crippen molar-refractivity contribution in [3.05, 3.63) is 42.0 Å². The number of aromatic nitrogens is 1. The highest BCUT2D eigenvalue weighted by Crippen LogP contribution is 2.27. The van der Waals surface area contributed by atoms with Gasteiger partial charge < -0.3 is 14.6 Å². The molecule has 0 bridgehead atoms. The van der Waals surface area contributed by atoms with E-state index in [1.807, 2.05) is 55.4 Å². The number of hydrogen-bond donors (Lipinski definition) is 1. The summed E-state index contributed by atoms with van der Waals surface area (Å²) in [5.74, 6) is 0.576. The minimum absolute atomic E-state index is 0.300. The van der Waals surface area contributed by atoms with Gasteiger partial charge in [-0.1, -0.05) is 30.3 Å². The highest BCUT2D eigenvalue weighted by Gasteiger charge is 2.18. The molecule has 1 aromatic carbocycles. The summed E-state index contributed by atoms with van der Waals surface area (Å²) in [4.78, 5) is 17.2. The summed E-state index contributed by atoms with van der Waals surface area (Å²) >= 11 is 0. The molecule has 0 aliphatic heterocycles. The number of rotatable bonds is 4. The quantitative estimate of drug-likeness (QED) is 0.858. The lowest BCUT2D eigenvalue weighted by Crippen LogP contribution is -2.08. The molecule has 0 aliphatic rings. The molecule has 0 aliphatic carbocycles. The molecule has 2 rings (SSSR count). The lowest BCUT2D eigenvalue weighted by molar-refractivity contribution is 0.0527. The van der Waals surface area contributed by atoms with Crippen molar-refractivity contribution in [1.29, 1.82) is 0 Å². The third-order valence-corrected chi connectivity index (χ3v) is 2.84. The van der Waals surface area contributed by atoms with E-state index < -0.39 is 0 Å². The molecule has 0 saturated carbocycles. The standard InChI is InChI=1S/C15H18N2O2/c1-4-19-15(18)12-10-13(17(2)3)16-14(12)11-8-6-5-7-9-11/h5-10,16H,4H2,1-3H3. The number of aromatic amines is 1. The van der Waals surface area contributed by atoms with Crippen LogP contribution < -0.4 is 4.90 Å². The van der Waals surface area contributed by atoms with Gasteiger partial charge in [-0.25, -0.2) is 4.79 Å².